The average molecular weight is 158 g/mol. The molecule has 0 amide bonds. The van der Waals surface area contributed by atoms with E-state index < -0.39 is 6.16 Å². The molecule has 0 unspecified atom stereocenters. The van der Waals surface area contributed by atoms with Crippen LogP contribution in [0.1, 0.15) is 13.8 Å². The number of carbonyl (C=O) groups excluding carboxylic acids is 2. The van der Waals surface area contributed by atoms with E-state index in [9.17, 15) is 9.59 Å². The van der Waals surface area contributed by atoms with Gasteiger partial charge in [0.25, 0.3) is 0 Å². The fourth-order valence-corrected chi connectivity index (χ4v) is 0.329. The van der Waals surface area contributed by atoms with Gasteiger partial charge in [0, 0.05) is 0 Å². The van der Waals surface area contributed by atoms with Gasteiger partial charge in [-0.2, -0.15) is 0 Å². The molecule has 0 aromatic rings. The maximum Gasteiger partial charge on any atom is 0.516 e. The highest BCUT2D eigenvalue weighted by Gasteiger charge is 2.01. The van der Waals surface area contributed by atoms with Crippen LogP contribution in [0.3, 0.4) is 0 Å². The molecule has 0 saturated heterocycles. The summed E-state index contributed by atoms with van der Waals surface area (Å²) in [6.07, 6.45) is 0.829. The van der Waals surface area contributed by atoms with Crippen LogP contribution in [0, 0.1) is 0 Å². The maximum atomic E-state index is 10.4. The second kappa shape index (κ2) is 5.46. The SMILES string of the molecule is C/C=C(\C)COC(=O)OC=O. The molecule has 62 valence electrons. The van der Waals surface area contributed by atoms with E-state index in [-0.39, 0.29) is 13.1 Å². The first-order chi connectivity index (χ1) is 5.20. The molecule has 0 heterocycles. The molecule has 0 aliphatic heterocycles. The predicted octanol–water partition coefficient (Wildman–Crippen LogP) is 1.26. The van der Waals surface area contributed by atoms with Crippen molar-refractivity contribution in [3.8, 4) is 0 Å². The zero-order valence-corrected chi connectivity index (χ0v) is 6.49. The Morgan fingerprint density at radius 2 is 2.18 bits per heavy atom. The van der Waals surface area contributed by atoms with E-state index in [1.165, 1.54) is 0 Å². The fraction of sp³-hybridized carbons (Fsp3) is 0.429. The largest absolute Gasteiger partial charge is 0.516 e. The van der Waals surface area contributed by atoms with Gasteiger partial charge in [0.1, 0.15) is 6.61 Å². The summed E-state index contributed by atoms with van der Waals surface area (Å²) in [4.78, 5) is 20.0. The zero-order chi connectivity index (χ0) is 8.69. The molecule has 0 bridgehead atoms. The molecule has 4 nitrogen and oxygen atoms in total. The molecular weight excluding hydrogens is 148 g/mol. The van der Waals surface area contributed by atoms with E-state index >= 15 is 0 Å². The van der Waals surface area contributed by atoms with Gasteiger partial charge in [-0.3, -0.25) is 4.79 Å². The van der Waals surface area contributed by atoms with Crippen LogP contribution < -0.4 is 0 Å². The molecule has 0 N–H and O–H groups in total. The highest BCUT2D eigenvalue weighted by Crippen LogP contribution is 1.93. The zero-order valence-electron chi connectivity index (χ0n) is 6.49. The Kier molecular flexibility index (Phi) is 4.81. The Balaban J connectivity index is 3.53. The van der Waals surface area contributed by atoms with Gasteiger partial charge in [0.05, 0.1) is 0 Å². The Morgan fingerprint density at radius 1 is 1.55 bits per heavy atom. The molecule has 0 aromatic heterocycles. The van der Waals surface area contributed by atoms with Crippen LogP contribution in [0.2, 0.25) is 0 Å². The lowest BCUT2D eigenvalue weighted by Crippen LogP contribution is -2.07. The van der Waals surface area contributed by atoms with Gasteiger partial charge in [-0.15, -0.1) is 0 Å². The molecular formula is C7H10O4. The third-order valence-corrected chi connectivity index (χ3v) is 1.05. The second-order valence-electron chi connectivity index (χ2n) is 1.89. The van der Waals surface area contributed by atoms with Crippen molar-refractivity contribution in [2.24, 2.45) is 0 Å². The van der Waals surface area contributed by atoms with Gasteiger partial charge >= 0.3 is 12.6 Å². The molecule has 0 radical (unpaired) electrons. The van der Waals surface area contributed by atoms with Crippen LogP contribution in [0.4, 0.5) is 4.79 Å². The Hall–Kier alpha value is -1.32. The minimum atomic E-state index is -0.971. The first-order valence-corrected chi connectivity index (χ1v) is 3.09. The first-order valence-electron chi connectivity index (χ1n) is 3.09. The lowest BCUT2D eigenvalue weighted by atomic mass is 10.3. The van der Waals surface area contributed by atoms with Crippen molar-refractivity contribution in [2.45, 2.75) is 13.8 Å². The van der Waals surface area contributed by atoms with Gasteiger partial charge in [0.15, 0.2) is 0 Å². The van der Waals surface area contributed by atoms with Gasteiger partial charge < -0.3 is 9.47 Å². The normalized spacial score (nSPS) is 10.5. The van der Waals surface area contributed by atoms with Crippen molar-refractivity contribution in [2.75, 3.05) is 6.61 Å². The molecule has 0 spiro atoms. The van der Waals surface area contributed by atoms with Crippen molar-refractivity contribution in [3.05, 3.63) is 11.6 Å². The summed E-state index contributed by atoms with van der Waals surface area (Å²) in [5, 5.41) is 0. The van der Waals surface area contributed by atoms with Gasteiger partial charge in [-0.05, 0) is 19.4 Å². The van der Waals surface area contributed by atoms with Crippen molar-refractivity contribution < 1.29 is 19.1 Å². The highest BCUT2D eigenvalue weighted by molar-refractivity contribution is 5.69. The van der Waals surface area contributed by atoms with E-state index in [1.807, 2.05) is 6.92 Å². The van der Waals surface area contributed by atoms with Crippen molar-refractivity contribution in [1.29, 1.82) is 0 Å². The van der Waals surface area contributed by atoms with E-state index in [2.05, 4.69) is 9.47 Å². The standard InChI is InChI=1S/C7H10O4/c1-3-6(2)4-10-7(9)11-5-8/h3,5H,4H2,1-2H3/b6-3+. The van der Waals surface area contributed by atoms with E-state index in [4.69, 9.17) is 0 Å². The number of rotatable bonds is 3. The molecule has 0 aliphatic rings. The lowest BCUT2D eigenvalue weighted by Gasteiger charge is -2.00. The highest BCUT2D eigenvalue weighted by atomic mass is 16.7. The van der Waals surface area contributed by atoms with Crippen molar-refractivity contribution in [3.63, 3.8) is 0 Å². The summed E-state index contributed by atoms with van der Waals surface area (Å²) in [5.41, 5.74) is 0.896. The van der Waals surface area contributed by atoms with Crippen molar-refractivity contribution >= 4 is 12.6 Å². The van der Waals surface area contributed by atoms with E-state index in [0.717, 1.165) is 5.57 Å². The first kappa shape index (κ1) is 9.68. The summed E-state index contributed by atoms with van der Waals surface area (Å²) in [5.74, 6) is 0. The molecule has 0 atom stereocenters. The number of hydrogen-bond acceptors (Lipinski definition) is 4. The minimum absolute atomic E-state index is 0.0350. The van der Waals surface area contributed by atoms with Gasteiger partial charge in [0.2, 0.25) is 0 Å². The van der Waals surface area contributed by atoms with Crippen LogP contribution >= 0.6 is 0 Å². The third kappa shape index (κ3) is 5.14. The quantitative estimate of drug-likeness (QED) is 0.268. The van der Waals surface area contributed by atoms with E-state index in [0.29, 0.717) is 0 Å². The predicted molar refractivity (Wildman–Crippen MR) is 37.9 cm³/mol. The molecule has 0 fully saturated rings. The second-order valence-corrected chi connectivity index (χ2v) is 1.89. The summed E-state index contributed by atoms with van der Waals surface area (Å²) in [6, 6.07) is 0. The smallest absolute Gasteiger partial charge is 0.429 e. The number of hydrogen-bond donors (Lipinski definition) is 0. The number of carbonyl (C=O) groups is 2. The number of allylic oxidation sites excluding steroid dienone is 1. The molecule has 0 rings (SSSR count). The third-order valence-electron chi connectivity index (χ3n) is 1.05. The minimum Gasteiger partial charge on any atom is -0.429 e. The van der Waals surface area contributed by atoms with Crippen molar-refractivity contribution in [1.82, 2.24) is 0 Å². The summed E-state index contributed by atoms with van der Waals surface area (Å²) >= 11 is 0. The fourth-order valence-electron chi connectivity index (χ4n) is 0.329. The molecule has 0 aliphatic carbocycles. The Bertz CT molecular complexity index is 171. The Morgan fingerprint density at radius 3 is 2.64 bits per heavy atom. The molecule has 11 heavy (non-hydrogen) atoms. The Labute approximate surface area is 64.8 Å². The average Bonchev–Trinajstić information content (AvgIpc) is 2.01. The lowest BCUT2D eigenvalue weighted by molar-refractivity contribution is -0.125. The van der Waals surface area contributed by atoms with Crippen LogP contribution in [0.5, 0.6) is 0 Å². The van der Waals surface area contributed by atoms with Crippen LogP contribution in [-0.2, 0) is 14.3 Å². The van der Waals surface area contributed by atoms with Crippen LogP contribution in [0.15, 0.2) is 11.6 Å². The van der Waals surface area contributed by atoms with Crippen LogP contribution in [0.25, 0.3) is 0 Å². The van der Waals surface area contributed by atoms with Crippen LogP contribution in [-0.4, -0.2) is 19.2 Å². The van der Waals surface area contributed by atoms with Gasteiger partial charge in [-0.1, -0.05) is 6.08 Å². The summed E-state index contributed by atoms with van der Waals surface area (Å²) in [7, 11) is 0. The molecule has 0 saturated carbocycles. The van der Waals surface area contributed by atoms with E-state index in [1.54, 1.807) is 13.0 Å². The molecule has 4 heteroatoms. The summed E-state index contributed by atoms with van der Waals surface area (Å²) in [6.45, 7) is 3.81. The molecule has 0 aromatic carbocycles. The maximum absolute atomic E-state index is 10.4. The topological polar surface area (TPSA) is 52.6 Å². The van der Waals surface area contributed by atoms with Gasteiger partial charge in [-0.25, -0.2) is 4.79 Å². The number of ether oxygens (including phenoxy) is 2. The summed E-state index contributed by atoms with van der Waals surface area (Å²) < 4.78 is 8.34. The monoisotopic (exact) mass is 158 g/mol.